The van der Waals surface area contributed by atoms with Crippen LogP contribution in [0.5, 0.6) is 5.75 Å². The molecule has 160 valence electrons. The first-order valence-corrected chi connectivity index (χ1v) is 10.5. The maximum absolute atomic E-state index is 13.1. The lowest BCUT2D eigenvalue weighted by molar-refractivity contribution is -0.142. The molecule has 1 saturated carbocycles. The summed E-state index contributed by atoms with van der Waals surface area (Å²) in [5.41, 5.74) is 0.935. The van der Waals surface area contributed by atoms with Crippen LogP contribution >= 0.6 is 0 Å². The van der Waals surface area contributed by atoms with Crippen LogP contribution in [0.4, 0.5) is 4.39 Å². The first-order chi connectivity index (χ1) is 14.5. The summed E-state index contributed by atoms with van der Waals surface area (Å²) in [7, 11) is 0. The van der Waals surface area contributed by atoms with Gasteiger partial charge in [0.25, 0.3) is 5.91 Å². The summed E-state index contributed by atoms with van der Waals surface area (Å²) < 4.78 is 18.6. The van der Waals surface area contributed by atoms with Crippen molar-refractivity contribution in [3.8, 4) is 5.75 Å². The lowest BCUT2D eigenvalue weighted by atomic mass is 9.95. The fourth-order valence-corrected chi connectivity index (χ4v) is 3.69. The van der Waals surface area contributed by atoms with Crippen LogP contribution in [0.15, 0.2) is 54.6 Å². The molecule has 2 aromatic carbocycles. The van der Waals surface area contributed by atoms with Gasteiger partial charge in [-0.1, -0.05) is 49.6 Å². The highest BCUT2D eigenvalue weighted by molar-refractivity contribution is 5.88. The molecule has 2 amide bonds. The van der Waals surface area contributed by atoms with Crippen molar-refractivity contribution in [2.75, 3.05) is 6.61 Å². The fourth-order valence-electron chi connectivity index (χ4n) is 3.69. The molecule has 1 atom stereocenters. The van der Waals surface area contributed by atoms with Gasteiger partial charge in [0.1, 0.15) is 17.6 Å². The number of nitrogens with one attached hydrogen (secondary N) is 1. The van der Waals surface area contributed by atoms with Crippen LogP contribution in [-0.2, 0) is 16.1 Å². The standard InChI is InChI=1S/C24H29FN2O3/c1-18(24(29)26-21-10-6-3-7-11-21)27(16-19-8-4-2-5-9-19)23(28)17-30-22-14-12-20(25)13-15-22/h2,4-5,8-9,12-15,18,21H,3,6-7,10-11,16-17H2,1H3,(H,26,29)/t18-/m1/s1. The van der Waals surface area contributed by atoms with Gasteiger partial charge in [-0.3, -0.25) is 9.59 Å². The van der Waals surface area contributed by atoms with E-state index in [0.29, 0.717) is 12.3 Å². The van der Waals surface area contributed by atoms with Crippen molar-refractivity contribution >= 4 is 11.8 Å². The van der Waals surface area contributed by atoms with Crippen molar-refractivity contribution in [3.05, 3.63) is 66.0 Å². The zero-order chi connectivity index (χ0) is 21.3. The van der Waals surface area contributed by atoms with Gasteiger partial charge in [0, 0.05) is 12.6 Å². The molecule has 1 aliphatic rings. The minimum Gasteiger partial charge on any atom is -0.484 e. The molecule has 0 unspecified atom stereocenters. The van der Waals surface area contributed by atoms with E-state index in [1.165, 1.54) is 35.6 Å². The van der Waals surface area contributed by atoms with E-state index in [1.807, 2.05) is 30.3 Å². The smallest absolute Gasteiger partial charge is 0.261 e. The van der Waals surface area contributed by atoms with Crippen LogP contribution in [0.3, 0.4) is 0 Å². The van der Waals surface area contributed by atoms with Gasteiger partial charge in [0.05, 0.1) is 0 Å². The van der Waals surface area contributed by atoms with Gasteiger partial charge >= 0.3 is 0 Å². The molecule has 0 bridgehead atoms. The van der Waals surface area contributed by atoms with Gasteiger partial charge in [-0.25, -0.2) is 4.39 Å². The number of hydrogen-bond donors (Lipinski definition) is 1. The first-order valence-electron chi connectivity index (χ1n) is 10.5. The van der Waals surface area contributed by atoms with Crippen molar-refractivity contribution in [1.29, 1.82) is 0 Å². The zero-order valence-corrected chi connectivity index (χ0v) is 17.4. The van der Waals surface area contributed by atoms with E-state index >= 15 is 0 Å². The number of benzene rings is 2. The van der Waals surface area contributed by atoms with Crippen LogP contribution < -0.4 is 10.1 Å². The molecule has 0 heterocycles. The van der Waals surface area contributed by atoms with Crippen molar-refractivity contribution in [3.63, 3.8) is 0 Å². The van der Waals surface area contributed by atoms with Crippen LogP contribution in [-0.4, -0.2) is 35.4 Å². The van der Waals surface area contributed by atoms with Gasteiger partial charge in [0.15, 0.2) is 6.61 Å². The van der Waals surface area contributed by atoms with Crippen molar-refractivity contribution in [2.45, 2.75) is 57.7 Å². The minimum atomic E-state index is -0.628. The minimum absolute atomic E-state index is 0.145. The maximum Gasteiger partial charge on any atom is 0.261 e. The monoisotopic (exact) mass is 412 g/mol. The van der Waals surface area contributed by atoms with Crippen molar-refractivity contribution in [1.82, 2.24) is 10.2 Å². The summed E-state index contributed by atoms with van der Waals surface area (Å²) in [4.78, 5) is 27.4. The van der Waals surface area contributed by atoms with E-state index < -0.39 is 6.04 Å². The number of rotatable bonds is 8. The van der Waals surface area contributed by atoms with E-state index in [-0.39, 0.29) is 30.3 Å². The largest absolute Gasteiger partial charge is 0.484 e. The second-order valence-corrected chi connectivity index (χ2v) is 7.77. The Kier molecular flexibility index (Phi) is 7.82. The normalized spacial score (nSPS) is 15.3. The summed E-state index contributed by atoms with van der Waals surface area (Å²) >= 11 is 0. The lowest BCUT2D eigenvalue weighted by Crippen LogP contribution is -2.51. The molecule has 0 radical (unpaired) electrons. The summed E-state index contributed by atoms with van der Waals surface area (Å²) in [6.45, 7) is 1.84. The molecule has 6 heteroatoms. The Morgan fingerprint density at radius 3 is 2.40 bits per heavy atom. The number of halogens is 1. The summed E-state index contributed by atoms with van der Waals surface area (Å²) in [5, 5.41) is 3.10. The Labute approximate surface area is 177 Å². The predicted molar refractivity (Wildman–Crippen MR) is 113 cm³/mol. The van der Waals surface area contributed by atoms with Crippen LogP contribution in [0, 0.1) is 5.82 Å². The lowest BCUT2D eigenvalue weighted by Gasteiger charge is -2.31. The second kappa shape index (κ2) is 10.8. The van der Waals surface area contributed by atoms with Crippen LogP contribution in [0.25, 0.3) is 0 Å². The molecular weight excluding hydrogens is 383 g/mol. The van der Waals surface area contributed by atoms with E-state index in [9.17, 15) is 14.0 Å². The highest BCUT2D eigenvalue weighted by Gasteiger charge is 2.28. The summed E-state index contributed by atoms with van der Waals surface area (Å²) in [6.07, 6.45) is 5.42. The quantitative estimate of drug-likeness (QED) is 0.711. The Bertz CT molecular complexity index is 820. The molecule has 0 aromatic heterocycles. The Balaban J connectivity index is 1.67. The molecule has 0 spiro atoms. The highest BCUT2D eigenvalue weighted by Crippen LogP contribution is 2.18. The van der Waals surface area contributed by atoms with Crippen LogP contribution in [0.1, 0.15) is 44.6 Å². The van der Waals surface area contributed by atoms with Gasteiger partial charge in [-0.05, 0) is 49.6 Å². The Hall–Kier alpha value is -2.89. The summed E-state index contributed by atoms with van der Waals surface area (Å²) in [6, 6.07) is 14.6. The average Bonchev–Trinajstić information content (AvgIpc) is 2.78. The van der Waals surface area contributed by atoms with E-state index in [4.69, 9.17) is 4.74 Å². The Morgan fingerprint density at radius 1 is 1.07 bits per heavy atom. The fraction of sp³-hybridized carbons (Fsp3) is 0.417. The SMILES string of the molecule is C[C@H](C(=O)NC1CCCCC1)N(Cc1ccccc1)C(=O)COc1ccc(F)cc1. The number of nitrogens with zero attached hydrogens (tertiary/aromatic N) is 1. The molecule has 1 fully saturated rings. The molecule has 2 aromatic rings. The molecule has 5 nitrogen and oxygen atoms in total. The third-order valence-corrected chi connectivity index (χ3v) is 5.49. The Morgan fingerprint density at radius 2 is 1.73 bits per heavy atom. The third kappa shape index (κ3) is 6.31. The second-order valence-electron chi connectivity index (χ2n) is 7.77. The topological polar surface area (TPSA) is 58.6 Å². The van der Waals surface area contributed by atoms with E-state index in [0.717, 1.165) is 31.2 Å². The molecule has 1 aliphatic carbocycles. The van der Waals surface area contributed by atoms with E-state index in [2.05, 4.69) is 5.32 Å². The van der Waals surface area contributed by atoms with E-state index in [1.54, 1.807) is 6.92 Å². The van der Waals surface area contributed by atoms with Crippen LogP contribution in [0.2, 0.25) is 0 Å². The van der Waals surface area contributed by atoms with Gasteiger partial charge in [-0.2, -0.15) is 0 Å². The molecule has 0 saturated heterocycles. The number of carbonyl (C=O) groups excluding carboxylic acids is 2. The molecule has 1 N–H and O–H groups in total. The number of amides is 2. The van der Waals surface area contributed by atoms with Gasteiger partial charge in [0.2, 0.25) is 5.91 Å². The number of hydrogen-bond acceptors (Lipinski definition) is 3. The van der Waals surface area contributed by atoms with Gasteiger partial charge < -0.3 is 15.0 Å². The number of carbonyl (C=O) groups is 2. The molecular formula is C24H29FN2O3. The zero-order valence-electron chi connectivity index (χ0n) is 17.4. The number of ether oxygens (including phenoxy) is 1. The molecule has 0 aliphatic heterocycles. The summed E-state index contributed by atoms with van der Waals surface area (Å²) in [5.74, 6) is -0.404. The maximum atomic E-state index is 13.1. The van der Waals surface area contributed by atoms with Gasteiger partial charge in [-0.15, -0.1) is 0 Å². The highest BCUT2D eigenvalue weighted by atomic mass is 19.1. The third-order valence-electron chi connectivity index (χ3n) is 5.49. The first kappa shape index (κ1) is 21.8. The van der Waals surface area contributed by atoms with Crippen molar-refractivity contribution < 1.29 is 18.7 Å². The average molecular weight is 413 g/mol. The van der Waals surface area contributed by atoms with Crippen molar-refractivity contribution in [2.24, 2.45) is 0 Å². The molecule has 3 rings (SSSR count). The molecule has 30 heavy (non-hydrogen) atoms. The predicted octanol–water partition coefficient (Wildman–Crippen LogP) is 4.07.